The summed E-state index contributed by atoms with van der Waals surface area (Å²) in [6.45, 7) is 5.23. The number of hydrogen-bond acceptors (Lipinski definition) is 4. The summed E-state index contributed by atoms with van der Waals surface area (Å²) in [7, 11) is 0. The molecular formula is C15H22BrClF2N2O2. The van der Waals surface area contributed by atoms with Crippen LogP contribution in [0.3, 0.4) is 0 Å². The van der Waals surface area contributed by atoms with Gasteiger partial charge in [0.1, 0.15) is 0 Å². The van der Waals surface area contributed by atoms with E-state index in [4.69, 9.17) is 4.74 Å². The second-order valence-corrected chi connectivity index (χ2v) is 6.07. The first-order valence-electron chi connectivity index (χ1n) is 7.41. The van der Waals surface area contributed by atoms with Crippen molar-refractivity contribution in [2.75, 3.05) is 32.8 Å². The number of aromatic hydroxyl groups is 1. The Hall–Kier alpha value is -0.630. The highest BCUT2D eigenvalue weighted by atomic mass is 79.9. The van der Waals surface area contributed by atoms with Crippen molar-refractivity contribution in [1.82, 2.24) is 10.2 Å². The van der Waals surface area contributed by atoms with E-state index in [2.05, 4.69) is 26.1 Å². The van der Waals surface area contributed by atoms with E-state index >= 15 is 0 Å². The molecule has 1 aromatic rings. The highest BCUT2D eigenvalue weighted by Gasteiger charge is 2.27. The third kappa shape index (κ3) is 5.45. The molecule has 1 aromatic carbocycles. The van der Waals surface area contributed by atoms with E-state index in [-0.39, 0.29) is 24.6 Å². The quantitative estimate of drug-likeness (QED) is 0.745. The van der Waals surface area contributed by atoms with Crippen molar-refractivity contribution in [2.24, 2.45) is 0 Å². The minimum Gasteiger partial charge on any atom is -0.503 e. The average Bonchev–Trinajstić information content (AvgIpc) is 2.50. The Labute approximate surface area is 149 Å². The van der Waals surface area contributed by atoms with Crippen LogP contribution >= 0.6 is 28.3 Å². The molecule has 1 aliphatic rings. The second-order valence-electron chi connectivity index (χ2n) is 5.21. The molecule has 0 unspecified atom stereocenters. The molecular weight excluding hydrogens is 394 g/mol. The summed E-state index contributed by atoms with van der Waals surface area (Å²) in [5.41, 5.74) is 0.732. The number of nitrogens with one attached hydrogen (secondary N) is 1. The molecule has 0 amide bonds. The van der Waals surface area contributed by atoms with E-state index in [1.54, 1.807) is 12.1 Å². The molecule has 0 radical (unpaired) electrons. The Kier molecular flexibility index (Phi) is 8.53. The van der Waals surface area contributed by atoms with Crippen LogP contribution in [0.4, 0.5) is 8.78 Å². The largest absolute Gasteiger partial charge is 0.503 e. The van der Waals surface area contributed by atoms with Crippen LogP contribution in [0.5, 0.6) is 11.5 Å². The Morgan fingerprint density at radius 1 is 1.35 bits per heavy atom. The molecule has 0 aliphatic carbocycles. The zero-order valence-corrected chi connectivity index (χ0v) is 15.3. The zero-order chi connectivity index (χ0) is 16.1. The van der Waals surface area contributed by atoms with E-state index in [0.717, 1.165) is 31.7 Å². The van der Waals surface area contributed by atoms with Crippen molar-refractivity contribution in [3.05, 3.63) is 22.2 Å². The van der Waals surface area contributed by atoms with Crippen molar-refractivity contribution < 1.29 is 18.6 Å². The van der Waals surface area contributed by atoms with Crippen LogP contribution < -0.4 is 10.1 Å². The number of halogens is 4. The maximum absolute atomic E-state index is 13.0. The number of benzene rings is 1. The van der Waals surface area contributed by atoms with E-state index in [0.29, 0.717) is 16.8 Å². The van der Waals surface area contributed by atoms with Crippen LogP contribution in [0.2, 0.25) is 0 Å². The molecule has 1 fully saturated rings. The van der Waals surface area contributed by atoms with Crippen LogP contribution in [0.25, 0.3) is 0 Å². The predicted octanol–water partition coefficient (Wildman–Crippen LogP) is 3.58. The van der Waals surface area contributed by atoms with Gasteiger partial charge in [-0.25, -0.2) is 8.78 Å². The lowest BCUT2D eigenvalue weighted by Gasteiger charge is -2.35. The van der Waals surface area contributed by atoms with Crippen molar-refractivity contribution in [3.63, 3.8) is 0 Å². The third-order valence-corrected chi connectivity index (χ3v) is 4.33. The molecule has 1 saturated heterocycles. The summed E-state index contributed by atoms with van der Waals surface area (Å²) in [6, 6.07) is 2.98. The standard InChI is InChI=1S/C15H21BrF2N2O2.ClH/c1-2-22-13-8-10(7-11(16)15(13)21)12(9-14(17)18)20-5-3-19-4-6-20;/h7-8,12,14,19,21H,2-6,9H2,1H3;1H/t12-;/m0./s1. The summed E-state index contributed by atoms with van der Waals surface area (Å²) in [5, 5.41) is 13.2. The highest BCUT2D eigenvalue weighted by molar-refractivity contribution is 9.10. The van der Waals surface area contributed by atoms with Crippen molar-refractivity contribution in [1.29, 1.82) is 0 Å². The van der Waals surface area contributed by atoms with Gasteiger partial charge in [-0.05, 0) is 40.5 Å². The van der Waals surface area contributed by atoms with Crippen LogP contribution in [-0.2, 0) is 0 Å². The maximum atomic E-state index is 13.0. The number of rotatable bonds is 6. The van der Waals surface area contributed by atoms with Gasteiger partial charge in [0.25, 0.3) is 0 Å². The molecule has 2 N–H and O–H groups in total. The SMILES string of the molecule is CCOc1cc([C@H](CC(F)F)N2CCNCC2)cc(Br)c1O.Cl. The van der Waals surface area contributed by atoms with Crippen molar-refractivity contribution >= 4 is 28.3 Å². The summed E-state index contributed by atoms with van der Waals surface area (Å²) < 4.78 is 31.9. The highest BCUT2D eigenvalue weighted by Crippen LogP contribution is 2.39. The van der Waals surface area contributed by atoms with Gasteiger partial charge in [-0.2, -0.15) is 0 Å². The molecule has 23 heavy (non-hydrogen) atoms. The molecule has 1 aliphatic heterocycles. The Balaban J connectivity index is 0.00000264. The smallest absolute Gasteiger partial charge is 0.240 e. The minimum absolute atomic E-state index is 0. The molecule has 4 nitrogen and oxygen atoms in total. The molecule has 1 atom stereocenters. The minimum atomic E-state index is -2.39. The number of piperazine rings is 1. The molecule has 2 rings (SSSR count). The fourth-order valence-electron chi connectivity index (χ4n) is 2.71. The fourth-order valence-corrected chi connectivity index (χ4v) is 3.17. The van der Waals surface area contributed by atoms with Gasteiger partial charge in [-0.1, -0.05) is 0 Å². The monoisotopic (exact) mass is 414 g/mol. The van der Waals surface area contributed by atoms with E-state index in [1.807, 2.05) is 6.92 Å². The van der Waals surface area contributed by atoms with Gasteiger partial charge >= 0.3 is 0 Å². The topological polar surface area (TPSA) is 44.7 Å². The van der Waals surface area contributed by atoms with Gasteiger partial charge in [0.15, 0.2) is 11.5 Å². The number of phenols is 1. The fraction of sp³-hybridized carbons (Fsp3) is 0.600. The normalized spacial score (nSPS) is 16.9. The lowest BCUT2D eigenvalue weighted by molar-refractivity contribution is 0.0737. The Bertz CT molecular complexity index is 503. The molecule has 1 heterocycles. The molecule has 0 bridgehead atoms. The van der Waals surface area contributed by atoms with Crippen molar-refractivity contribution in [3.8, 4) is 11.5 Å². The maximum Gasteiger partial charge on any atom is 0.240 e. The van der Waals surface area contributed by atoms with Crippen LogP contribution in [0.15, 0.2) is 16.6 Å². The average molecular weight is 416 g/mol. The van der Waals surface area contributed by atoms with Gasteiger partial charge in [0, 0.05) is 38.6 Å². The Morgan fingerprint density at radius 2 is 2.00 bits per heavy atom. The van der Waals surface area contributed by atoms with Crippen LogP contribution in [0.1, 0.15) is 24.9 Å². The van der Waals surface area contributed by atoms with E-state index < -0.39 is 12.5 Å². The summed E-state index contributed by atoms with van der Waals surface area (Å²) >= 11 is 3.28. The number of nitrogens with zero attached hydrogens (tertiary/aromatic N) is 1. The molecule has 0 aromatic heterocycles. The first-order valence-corrected chi connectivity index (χ1v) is 8.20. The molecule has 132 valence electrons. The number of hydrogen-bond donors (Lipinski definition) is 2. The van der Waals surface area contributed by atoms with Gasteiger partial charge in [0.05, 0.1) is 11.1 Å². The van der Waals surface area contributed by atoms with Gasteiger partial charge < -0.3 is 15.2 Å². The van der Waals surface area contributed by atoms with Gasteiger partial charge in [-0.3, -0.25) is 4.90 Å². The lowest BCUT2D eigenvalue weighted by Crippen LogP contribution is -2.45. The van der Waals surface area contributed by atoms with Crippen LogP contribution in [-0.4, -0.2) is 49.2 Å². The summed E-state index contributed by atoms with van der Waals surface area (Å²) in [6.07, 6.45) is -2.62. The predicted molar refractivity (Wildman–Crippen MR) is 92.0 cm³/mol. The number of ether oxygens (including phenoxy) is 1. The first-order chi connectivity index (χ1) is 10.5. The summed E-state index contributed by atoms with van der Waals surface area (Å²) in [4.78, 5) is 2.05. The molecule has 0 spiro atoms. The lowest BCUT2D eigenvalue weighted by atomic mass is 10.0. The number of alkyl halides is 2. The van der Waals surface area contributed by atoms with Gasteiger partial charge in [0.2, 0.25) is 6.43 Å². The van der Waals surface area contributed by atoms with Crippen molar-refractivity contribution in [2.45, 2.75) is 25.8 Å². The molecule has 8 heteroatoms. The van der Waals surface area contributed by atoms with Crippen LogP contribution in [0, 0.1) is 0 Å². The first kappa shape index (κ1) is 20.4. The Morgan fingerprint density at radius 3 is 2.57 bits per heavy atom. The van der Waals surface area contributed by atoms with E-state index in [1.165, 1.54) is 0 Å². The van der Waals surface area contributed by atoms with E-state index in [9.17, 15) is 13.9 Å². The van der Waals surface area contributed by atoms with Gasteiger partial charge in [-0.15, -0.1) is 12.4 Å². The second kappa shape index (κ2) is 9.61. The number of phenolic OH excluding ortho intramolecular Hbond substituents is 1. The summed E-state index contributed by atoms with van der Waals surface area (Å²) in [5.74, 6) is 0.322. The zero-order valence-electron chi connectivity index (χ0n) is 12.9. The third-order valence-electron chi connectivity index (χ3n) is 3.73. The molecule has 0 saturated carbocycles.